The lowest BCUT2D eigenvalue weighted by molar-refractivity contribution is -0.901. The standard InChI is InChI=1S/C15H22N2OS/c1-11(18)16-15-13(10-17-8-4-5-9-17)12-6-2-3-7-14(12)19-15/h2-10H2,1H3,(H,16,18)/p+1. The second-order valence-electron chi connectivity index (χ2n) is 5.83. The first-order valence-electron chi connectivity index (χ1n) is 7.48. The number of amides is 1. The highest BCUT2D eigenvalue weighted by Gasteiger charge is 2.25. The molecule has 104 valence electrons. The van der Waals surface area contributed by atoms with Crippen LogP contribution in [0.1, 0.15) is 48.6 Å². The summed E-state index contributed by atoms with van der Waals surface area (Å²) >= 11 is 1.83. The van der Waals surface area contributed by atoms with Crippen LogP contribution in [0.5, 0.6) is 0 Å². The van der Waals surface area contributed by atoms with E-state index in [0.717, 1.165) is 11.5 Å². The Morgan fingerprint density at radius 3 is 2.68 bits per heavy atom. The number of carbonyl (C=O) groups excluding carboxylic acids is 1. The van der Waals surface area contributed by atoms with Gasteiger partial charge in [-0.1, -0.05) is 0 Å². The van der Waals surface area contributed by atoms with Crippen molar-refractivity contribution in [3.05, 3.63) is 16.0 Å². The molecule has 0 bridgehead atoms. The molecule has 0 radical (unpaired) electrons. The summed E-state index contributed by atoms with van der Waals surface area (Å²) in [5.74, 6) is 0.0660. The van der Waals surface area contributed by atoms with Crippen molar-refractivity contribution in [1.29, 1.82) is 0 Å². The summed E-state index contributed by atoms with van der Waals surface area (Å²) in [7, 11) is 0. The molecule has 2 N–H and O–H groups in total. The van der Waals surface area contributed by atoms with Gasteiger partial charge in [-0.25, -0.2) is 0 Å². The van der Waals surface area contributed by atoms with Gasteiger partial charge in [0.25, 0.3) is 0 Å². The Bertz CT molecular complexity index is 475. The highest BCUT2D eigenvalue weighted by molar-refractivity contribution is 7.16. The minimum absolute atomic E-state index is 0.0660. The van der Waals surface area contributed by atoms with Gasteiger partial charge in [0.2, 0.25) is 5.91 Å². The molecule has 1 aliphatic heterocycles. The van der Waals surface area contributed by atoms with Gasteiger partial charge in [0.15, 0.2) is 0 Å². The molecule has 1 aromatic rings. The zero-order valence-corrected chi connectivity index (χ0v) is 12.5. The van der Waals surface area contributed by atoms with E-state index in [1.165, 1.54) is 62.1 Å². The minimum atomic E-state index is 0.0660. The summed E-state index contributed by atoms with van der Waals surface area (Å²) < 4.78 is 0. The third-order valence-corrected chi connectivity index (χ3v) is 5.56. The predicted octanol–water partition coefficient (Wildman–Crippen LogP) is 1.76. The topological polar surface area (TPSA) is 33.5 Å². The number of nitrogens with one attached hydrogen (secondary N) is 2. The fraction of sp³-hybridized carbons (Fsp3) is 0.667. The van der Waals surface area contributed by atoms with Crippen molar-refractivity contribution in [2.75, 3.05) is 18.4 Å². The third-order valence-electron chi connectivity index (χ3n) is 4.31. The molecule has 0 atom stereocenters. The molecule has 1 aromatic heterocycles. The molecule has 3 rings (SSSR count). The Balaban J connectivity index is 1.88. The Morgan fingerprint density at radius 2 is 1.95 bits per heavy atom. The summed E-state index contributed by atoms with van der Waals surface area (Å²) in [5.41, 5.74) is 3.02. The quantitative estimate of drug-likeness (QED) is 0.868. The number of hydrogen-bond acceptors (Lipinski definition) is 2. The van der Waals surface area contributed by atoms with Gasteiger partial charge in [-0.3, -0.25) is 4.79 Å². The molecule has 4 heteroatoms. The van der Waals surface area contributed by atoms with E-state index in [-0.39, 0.29) is 5.91 Å². The number of hydrogen-bond donors (Lipinski definition) is 2. The van der Waals surface area contributed by atoms with Gasteiger partial charge < -0.3 is 10.2 Å². The first kappa shape index (κ1) is 13.1. The molecular weight excluding hydrogens is 256 g/mol. The van der Waals surface area contributed by atoms with Crippen molar-refractivity contribution < 1.29 is 9.69 Å². The van der Waals surface area contributed by atoms with Crippen LogP contribution in [-0.2, 0) is 24.2 Å². The zero-order valence-electron chi connectivity index (χ0n) is 11.7. The van der Waals surface area contributed by atoms with Crippen molar-refractivity contribution in [2.45, 2.75) is 52.0 Å². The average molecular weight is 279 g/mol. The lowest BCUT2D eigenvalue weighted by Gasteiger charge is -2.16. The molecule has 0 spiro atoms. The number of anilines is 1. The molecule has 1 saturated heterocycles. The van der Waals surface area contributed by atoms with Crippen LogP contribution in [0.3, 0.4) is 0 Å². The van der Waals surface area contributed by atoms with Crippen molar-refractivity contribution in [1.82, 2.24) is 0 Å². The van der Waals surface area contributed by atoms with Crippen molar-refractivity contribution >= 4 is 22.2 Å². The molecule has 19 heavy (non-hydrogen) atoms. The number of fused-ring (bicyclic) bond motifs is 1. The Labute approximate surface area is 119 Å². The Hall–Kier alpha value is -0.870. The molecule has 1 fully saturated rings. The lowest BCUT2D eigenvalue weighted by atomic mass is 9.95. The van der Waals surface area contributed by atoms with Crippen LogP contribution in [0.15, 0.2) is 0 Å². The van der Waals surface area contributed by atoms with Gasteiger partial charge in [0.1, 0.15) is 11.5 Å². The van der Waals surface area contributed by atoms with Crippen molar-refractivity contribution in [3.63, 3.8) is 0 Å². The number of thiophene rings is 1. The zero-order chi connectivity index (χ0) is 13.2. The maximum atomic E-state index is 11.4. The lowest BCUT2D eigenvalue weighted by Crippen LogP contribution is -3.08. The highest BCUT2D eigenvalue weighted by Crippen LogP contribution is 2.37. The summed E-state index contributed by atoms with van der Waals surface area (Å²) in [5, 5.41) is 4.21. The van der Waals surface area contributed by atoms with E-state index in [1.807, 2.05) is 11.3 Å². The van der Waals surface area contributed by atoms with Crippen LogP contribution < -0.4 is 10.2 Å². The number of likely N-dealkylation sites (tertiary alicyclic amines) is 1. The highest BCUT2D eigenvalue weighted by atomic mass is 32.1. The van der Waals surface area contributed by atoms with Gasteiger partial charge in [0.05, 0.1) is 13.1 Å². The summed E-state index contributed by atoms with van der Waals surface area (Å²) in [6.07, 6.45) is 7.76. The largest absolute Gasteiger partial charge is 0.331 e. The summed E-state index contributed by atoms with van der Waals surface area (Å²) in [6.45, 7) is 5.32. The van der Waals surface area contributed by atoms with Crippen LogP contribution in [-0.4, -0.2) is 19.0 Å². The number of aryl methyl sites for hydroxylation is 1. The number of quaternary nitrogens is 1. The molecule has 1 aliphatic carbocycles. The molecule has 0 unspecified atom stereocenters. The van der Waals surface area contributed by atoms with E-state index in [4.69, 9.17) is 0 Å². The molecule has 0 saturated carbocycles. The molecule has 1 amide bonds. The predicted molar refractivity (Wildman–Crippen MR) is 78.9 cm³/mol. The van der Waals surface area contributed by atoms with Gasteiger partial charge in [-0.15, -0.1) is 11.3 Å². The monoisotopic (exact) mass is 279 g/mol. The smallest absolute Gasteiger partial charge is 0.221 e. The van der Waals surface area contributed by atoms with Gasteiger partial charge in [-0.05, 0) is 31.2 Å². The SMILES string of the molecule is CC(=O)Nc1sc2c(c1C[NH+]1CCCC1)CCCC2. The first-order valence-corrected chi connectivity index (χ1v) is 8.30. The minimum Gasteiger partial charge on any atom is -0.331 e. The van der Waals surface area contributed by atoms with E-state index < -0.39 is 0 Å². The molecular formula is C15H23N2OS+. The van der Waals surface area contributed by atoms with Crippen LogP contribution in [0, 0.1) is 0 Å². The molecule has 2 aliphatic rings. The maximum absolute atomic E-state index is 11.4. The third kappa shape index (κ3) is 2.84. The molecule has 3 nitrogen and oxygen atoms in total. The van der Waals surface area contributed by atoms with Crippen molar-refractivity contribution in [3.8, 4) is 0 Å². The number of rotatable bonds is 3. The maximum Gasteiger partial charge on any atom is 0.221 e. The van der Waals surface area contributed by atoms with Crippen LogP contribution in [0.25, 0.3) is 0 Å². The van der Waals surface area contributed by atoms with E-state index in [0.29, 0.717) is 0 Å². The van der Waals surface area contributed by atoms with Gasteiger partial charge >= 0.3 is 0 Å². The number of carbonyl (C=O) groups is 1. The summed E-state index contributed by atoms with van der Waals surface area (Å²) in [6, 6.07) is 0. The van der Waals surface area contributed by atoms with E-state index in [9.17, 15) is 4.79 Å². The van der Waals surface area contributed by atoms with E-state index in [1.54, 1.807) is 17.4 Å². The van der Waals surface area contributed by atoms with Gasteiger partial charge in [-0.2, -0.15) is 0 Å². The fourth-order valence-electron chi connectivity index (χ4n) is 3.38. The van der Waals surface area contributed by atoms with E-state index in [2.05, 4.69) is 5.32 Å². The average Bonchev–Trinajstić information content (AvgIpc) is 2.99. The second kappa shape index (κ2) is 5.63. The summed E-state index contributed by atoms with van der Waals surface area (Å²) in [4.78, 5) is 14.6. The molecule has 2 heterocycles. The normalized spacial score (nSPS) is 19.4. The van der Waals surface area contributed by atoms with Crippen molar-refractivity contribution in [2.24, 2.45) is 0 Å². The van der Waals surface area contributed by atoms with Crippen LogP contribution >= 0.6 is 11.3 Å². The van der Waals surface area contributed by atoms with E-state index >= 15 is 0 Å². The Morgan fingerprint density at radius 1 is 1.21 bits per heavy atom. The first-order chi connectivity index (χ1) is 9.24. The molecule has 0 aromatic carbocycles. The second-order valence-corrected chi connectivity index (χ2v) is 6.94. The Kier molecular flexibility index (Phi) is 3.89. The van der Waals surface area contributed by atoms with Crippen LogP contribution in [0.4, 0.5) is 5.00 Å². The van der Waals surface area contributed by atoms with Gasteiger partial charge in [0, 0.05) is 30.2 Å². The van der Waals surface area contributed by atoms with Crippen LogP contribution in [0.2, 0.25) is 0 Å². The fourth-order valence-corrected chi connectivity index (χ4v) is 4.74.